The molecule has 0 saturated heterocycles. The van der Waals surface area contributed by atoms with Crippen molar-refractivity contribution in [1.29, 1.82) is 0 Å². The molecule has 0 fully saturated rings. The number of rotatable bonds is 3. The number of ether oxygens (including phenoxy) is 1. The van der Waals surface area contributed by atoms with Crippen LogP contribution >= 0.6 is 0 Å². The summed E-state index contributed by atoms with van der Waals surface area (Å²) in [6.45, 7) is 3.08. The second kappa shape index (κ2) is 5.64. The third kappa shape index (κ3) is 2.94. The smallest absolute Gasteiger partial charge is 0.243 e. The second-order valence-corrected chi connectivity index (χ2v) is 4.05. The number of hydrogen-bond donors (Lipinski definition) is 1. The van der Waals surface area contributed by atoms with Gasteiger partial charge in [-0.2, -0.15) is 0 Å². The molecule has 1 amide bonds. The Balaban J connectivity index is 2.01. The first-order chi connectivity index (χ1) is 8.31. The second-order valence-electron chi connectivity index (χ2n) is 4.05. The Bertz CT molecular complexity index is 426. The Labute approximate surface area is 101 Å². The van der Waals surface area contributed by atoms with Crippen molar-refractivity contribution in [3.8, 4) is 0 Å². The number of hydrogen-bond acceptors (Lipinski definition) is 2. The number of fused-ring (bicyclic) bond motifs is 1. The molecule has 3 heteroatoms. The summed E-state index contributed by atoms with van der Waals surface area (Å²) in [5.41, 5.74) is 2.52. The first kappa shape index (κ1) is 11.9. The van der Waals surface area contributed by atoms with Gasteiger partial charge in [0, 0.05) is 6.54 Å². The summed E-state index contributed by atoms with van der Waals surface area (Å²) < 4.78 is 5.69. The Morgan fingerprint density at radius 3 is 3.18 bits per heavy atom. The summed E-state index contributed by atoms with van der Waals surface area (Å²) in [7, 11) is 0. The molecule has 0 saturated carbocycles. The molecule has 1 aliphatic rings. The van der Waals surface area contributed by atoms with Gasteiger partial charge in [-0.1, -0.05) is 30.3 Å². The number of carbonyl (C=O) groups excluding carboxylic acids is 1. The van der Waals surface area contributed by atoms with Gasteiger partial charge in [0.1, 0.15) is 6.10 Å². The van der Waals surface area contributed by atoms with E-state index in [2.05, 4.69) is 17.4 Å². The number of nitrogens with one attached hydrogen (secondary N) is 1. The summed E-state index contributed by atoms with van der Waals surface area (Å²) in [6.07, 6.45) is 4.18. The highest BCUT2D eigenvalue weighted by molar-refractivity contribution is 5.87. The molecular weight excluding hydrogens is 214 g/mol. The van der Waals surface area contributed by atoms with Crippen LogP contribution in [0.4, 0.5) is 0 Å². The fourth-order valence-corrected chi connectivity index (χ4v) is 2.05. The molecule has 0 radical (unpaired) electrons. The molecule has 1 N–H and O–H groups in total. The molecule has 17 heavy (non-hydrogen) atoms. The molecule has 0 aliphatic carbocycles. The molecule has 90 valence electrons. The van der Waals surface area contributed by atoms with Crippen LogP contribution in [0.1, 0.15) is 24.2 Å². The highest BCUT2D eigenvalue weighted by Gasteiger charge is 2.20. The van der Waals surface area contributed by atoms with Crippen LogP contribution in [0.15, 0.2) is 36.4 Å². The van der Waals surface area contributed by atoms with Crippen LogP contribution in [0.3, 0.4) is 0 Å². The van der Waals surface area contributed by atoms with Crippen LogP contribution < -0.4 is 5.32 Å². The molecule has 1 aromatic carbocycles. The van der Waals surface area contributed by atoms with Crippen LogP contribution in [0.25, 0.3) is 0 Å². The lowest BCUT2D eigenvalue weighted by Crippen LogP contribution is -2.30. The van der Waals surface area contributed by atoms with Crippen molar-refractivity contribution in [2.75, 3.05) is 13.2 Å². The summed E-state index contributed by atoms with van der Waals surface area (Å²) >= 11 is 0. The first-order valence-corrected chi connectivity index (χ1v) is 5.91. The van der Waals surface area contributed by atoms with Crippen LogP contribution in [0.5, 0.6) is 0 Å². The van der Waals surface area contributed by atoms with E-state index >= 15 is 0 Å². The van der Waals surface area contributed by atoms with Gasteiger partial charge in [0.2, 0.25) is 5.91 Å². The van der Waals surface area contributed by atoms with Crippen molar-refractivity contribution >= 4 is 5.91 Å². The molecule has 0 bridgehead atoms. The first-order valence-electron chi connectivity index (χ1n) is 5.91. The van der Waals surface area contributed by atoms with E-state index in [0.717, 1.165) is 13.0 Å². The molecule has 1 heterocycles. The van der Waals surface area contributed by atoms with Gasteiger partial charge < -0.3 is 10.1 Å². The van der Waals surface area contributed by atoms with E-state index < -0.39 is 0 Å². The van der Waals surface area contributed by atoms with E-state index in [-0.39, 0.29) is 12.0 Å². The number of allylic oxidation sites excluding steroid dienone is 1. The van der Waals surface area contributed by atoms with E-state index in [0.29, 0.717) is 6.54 Å². The summed E-state index contributed by atoms with van der Waals surface area (Å²) in [5.74, 6) is -0.0702. The lowest BCUT2D eigenvalue weighted by molar-refractivity contribution is -0.117. The third-order valence-electron chi connectivity index (χ3n) is 2.87. The van der Waals surface area contributed by atoms with Crippen LogP contribution in [-0.4, -0.2) is 19.1 Å². The Hall–Kier alpha value is -1.61. The van der Waals surface area contributed by atoms with Crippen LogP contribution in [0, 0.1) is 0 Å². The van der Waals surface area contributed by atoms with Gasteiger partial charge in [-0.05, 0) is 30.5 Å². The Morgan fingerprint density at radius 2 is 2.35 bits per heavy atom. The largest absolute Gasteiger partial charge is 0.371 e. The predicted octanol–water partition coefficient (Wildman–Crippen LogP) is 1.99. The number of carbonyl (C=O) groups is 1. The zero-order valence-corrected chi connectivity index (χ0v) is 9.98. The molecule has 1 aliphatic heterocycles. The molecule has 0 aromatic heterocycles. The SMILES string of the molecule is CC=CC(=O)NC[C@@H]1OCCc2ccccc21. The minimum atomic E-state index is -0.0702. The molecule has 3 nitrogen and oxygen atoms in total. The molecule has 2 rings (SSSR count). The van der Waals surface area contributed by atoms with Gasteiger partial charge in [0.15, 0.2) is 0 Å². The lowest BCUT2D eigenvalue weighted by Gasteiger charge is -2.26. The normalized spacial score (nSPS) is 19.0. The highest BCUT2D eigenvalue weighted by atomic mass is 16.5. The Kier molecular flexibility index (Phi) is 3.94. The molecule has 1 atom stereocenters. The highest BCUT2D eigenvalue weighted by Crippen LogP contribution is 2.25. The summed E-state index contributed by atoms with van der Waals surface area (Å²) in [4.78, 5) is 11.3. The fourth-order valence-electron chi connectivity index (χ4n) is 2.05. The van der Waals surface area contributed by atoms with Crippen molar-refractivity contribution in [2.45, 2.75) is 19.4 Å². The minimum Gasteiger partial charge on any atom is -0.371 e. The molecular formula is C14H17NO2. The van der Waals surface area contributed by atoms with E-state index in [9.17, 15) is 4.79 Å². The fraction of sp³-hybridized carbons (Fsp3) is 0.357. The van der Waals surface area contributed by atoms with Crippen LogP contribution in [0.2, 0.25) is 0 Å². The Morgan fingerprint density at radius 1 is 1.53 bits per heavy atom. The predicted molar refractivity (Wildman–Crippen MR) is 66.7 cm³/mol. The molecule has 1 aromatic rings. The van der Waals surface area contributed by atoms with Gasteiger partial charge >= 0.3 is 0 Å². The van der Waals surface area contributed by atoms with Gasteiger partial charge in [-0.25, -0.2) is 0 Å². The monoisotopic (exact) mass is 231 g/mol. The summed E-state index contributed by atoms with van der Waals surface area (Å²) in [6, 6.07) is 8.24. The minimum absolute atomic E-state index is 0.0193. The maximum absolute atomic E-state index is 11.3. The average Bonchev–Trinajstić information content (AvgIpc) is 2.36. The van der Waals surface area contributed by atoms with Gasteiger partial charge in [0.05, 0.1) is 6.61 Å². The van der Waals surface area contributed by atoms with Crippen molar-refractivity contribution in [3.63, 3.8) is 0 Å². The van der Waals surface area contributed by atoms with Crippen molar-refractivity contribution in [2.24, 2.45) is 0 Å². The number of amides is 1. The van der Waals surface area contributed by atoms with E-state index in [4.69, 9.17) is 4.74 Å². The molecule has 0 spiro atoms. The molecule has 0 unspecified atom stereocenters. The lowest BCUT2D eigenvalue weighted by atomic mass is 9.97. The third-order valence-corrected chi connectivity index (χ3v) is 2.87. The van der Waals surface area contributed by atoms with Crippen molar-refractivity contribution in [1.82, 2.24) is 5.32 Å². The van der Waals surface area contributed by atoms with E-state index in [1.165, 1.54) is 17.2 Å². The zero-order chi connectivity index (χ0) is 12.1. The summed E-state index contributed by atoms with van der Waals surface area (Å²) in [5, 5.41) is 2.84. The topological polar surface area (TPSA) is 38.3 Å². The number of benzene rings is 1. The van der Waals surface area contributed by atoms with Gasteiger partial charge in [-0.15, -0.1) is 0 Å². The average molecular weight is 231 g/mol. The van der Waals surface area contributed by atoms with Gasteiger partial charge in [-0.3, -0.25) is 4.79 Å². The van der Waals surface area contributed by atoms with Crippen molar-refractivity contribution in [3.05, 3.63) is 47.5 Å². The quantitative estimate of drug-likeness (QED) is 0.808. The van der Waals surface area contributed by atoms with E-state index in [1.54, 1.807) is 6.08 Å². The maximum Gasteiger partial charge on any atom is 0.243 e. The van der Waals surface area contributed by atoms with Crippen molar-refractivity contribution < 1.29 is 9.53 Å². The maximum atomic E-state index is 11.3. The van der Waals surface area contributed by atoms with Gasteiger partial charge in [0.25, 0.3) is 0 Å². The van der Waals surface area contributed by atoms with Crippen LogP contribution in [-0.2, 0) is 16.0 Å². The standard InChI is InChI=1S/C14H17NO2/c1-2-5-14(16)15-10-13-12-7-4-3-6-11(12)8-9-17-13/h2-7,13H,8-10H2,1H3,(H,15,16)/t13-/m0/s1. The zero-order valence-electron chi connectivity index (χ0n) is 9.98. The van der Waals surface area contributed by atoms with E-state index in [1.807, 2.05) is 19.1 Å².